The van der Waals surface area contributed by atoms with Crippen LogP contribution in [0.4, 0.5) is 0 Å². The minimum atomic E-state index is -0.736. The van der Waals surface area contributed by atoms with E-state index in [-0.39, 0.29) is 12.0 Å². The summed E-state index contributed by atoms with van der Waals surface area (Å²) in [5, 5.41) is 8.57. The van der Waals surface area contributed by atoms with Crippen LogP contribution in [-0.2, 0) is 4.79 Å². The third-order valence-corrected chi connectivity index (χ3v) is 1.71. The fourth-order valence-electron chi connectivity index (χ4n) is 1.12. The van der Waals surface area contributed by atoms with Crippen LogP contribution in [0.1, 0.15) is 12.8 Å². The van der Waals surface area contributed by atoms with Crippen LogP contribution in [-0.4, -0.2) is 17.1 Å². The number of carboxylic acid groups (broad SMARTS) is 1. The van der Waals surface area contributed by atoms with Crippen LogP contribution in [0.5, 0.6) is 0 Å². The van der Waals surface area contributed by atoms with Crippen LogP contribution >= 0.6 is 0 Å². The summed E-state index contributed by atoms with van der Waals surface area (Å²) < 4.78 is 0. The van der Waals surface area contributed by atoms with Crippen molar-refractivity contribution in [2.45, 2.75) is 18.9 Å². The molecule has 1 aliphatic rings. The smallest absolute Gasteiger partial charge is 0.306 e. The standard InChI is InChI=1S/C7H11NO2/c8-6-3-1-2-5(4-6)7(9)10/h1,3,5-6H,2,4,8H2,(H,9,10)/t5-,6+/m1/s1. The Morgan fingerprint density at radius 3 is 2.80 bits per heavy atom. The second-order valence-corrected chi connectivity index (χ2v) is 2.60. The molecule has 0 bridgehead atoms. The Hall–Kier alpha value is -0.830. The minimum absolute atomic E-state index is 0.0603. The fourth-order valence-corrected chi connectivity index (χ4v) is 1.12. The lowest BCUT2D eigenvalue weighted by Crippen LogP contribution is -2.28. The predicted octanol–water partition coefficient (Wildman–Crippen LogP) is 0.364. The van der Waals surface area contributed by atoms with Crippen molar-refractivity contribution in [2.75, 3.05) is 0 Å². The second kappa shape index (κ2) is 2.84. The Balaban J connectivity index is 2.52. The molecule has 56 valence electrons. The highest BCUT2D eigenvalue weighted by Gasteiger charge is 2.20. The first-order chi connectivity index (χ1) is 4.70. The van der Waals surface area contributed by atoms with Crippen molar-refractivity contribution >= 4 is 5.97 Å². The van der Waals surface area contributed by atoms with Crippen LogP contribution < -0.4 is 5.73 Å². The van der Waals surface area contributed by atoms with E-state index in [0.717, 1.165) is 0 Å². The number of carbonyl (C=O) groups is 1. The maximum atomic E-state index is 10.4. The van der Waals surface area contributed by atoms with Gasteiger partial charge in [0.2, 0.25) is 0 Å². The number of rotatable bonds is 1. The summed E-state index contributed by atoms with van der Waals surface area (Å²) in [7, 11) is 0. The third-order valence-electron chi connectivity index (χ3n) is 1.71. The molecule has 10 heavy (non-hydrogen) atoms. The Morgan fingerprint density at radius 1 is 1.70 bits per heavy atom. The zero-order valence-corrected chi connectivity index (χ0v) is 5.66. The van der Waals surface area contributed by atoms with Gasteiger partial charge in [0.25, 0.3) is 0 Å². The van der Waals surface area contributed by atoms with Crippen LogP contribution in [0, 0.1) is 5.92 Å². The molecule has 0 aromatic rings. The molecule has 2 atom stereocenters. The van der Waals surface area contributed by atoms with Gasteiger partial charge in [-0.25, -0.2) is 0 Å². The quantitative estimate of drug-likeness (QED) is 0.518. The lowest BCUT2D eigenvalue weighted by atomic mass is 9.92. The molecule has 0 spiro atoms. The first-order valence-corrected chi connectivity index (χ1v) is 3.35. The van der Waals surface area contributed by atoms with Crippen molar-refractivity contribution in [1.29, 1.82) is 0 Å². The van der Waals surface area contributed by atoms with Crippen molar-refractivity contribution in [3.63, 3.8) is 0 Å². The number of allylic oxidation sites excluding steroid dienone is 1. The van der Waals surface area contributed by atoms with Gasteiger partial charge in [-0.2, -0.15) is 0 Å². The molecule has 0 unspecified atom stereocenters. The largest absolute Gasteiger partial charge is 0.481 e. The van der Waals surface area contributed by atoms with Crippen molar-refractivity contribution in [3.8, 4) is 0 Å². The SMILES string of the molecule is N[C@H]1C=CC[C@@H](C(=O)O)C1. The summed E-state index contributed by atoms with van der Waals surface area (Å²) in [6.45, 7) is 0. The van der Waals surface area contributed by atoms with Gasteiger partial charge in [-0.3, -0.25) is 4.79 Å². The van der Waals surface area contributed by atoms with E-state index in [1.54, 1.807) is 0 Å². The summed E-state index contributed by atoms with van der Waals surface area (Å²) in [6, 6.07) is -0.0603. The summed E-state index contributed by atoms with van der Waals surface area (Å²) >= 11 is 0. The van der Waals surface area contributed by atoms with Crippen LogP contribution in [0.15, 0.2) is 12.2 Å². The van der Waals surface area contributed by atoms with E-state index in [4.69, 9.17) is 10.8 Å². The average molecular weight is 141 g/mol. The highest BCUT2D eigenvalue weighted by molar-refractivity contribution is 5.70. The van der Waals surface area contributed by atoms with Crippen molar-refractivity contribution in [3.05, 3.63) is 12.2 Å². The van der Waals surface area contributed by atoms with E-state index < -0.39 is 5.97 Å². The van der Waals surface area contributed by atoms with Gasteiger partial charge in [-0.05, 0) is 12.8 Å². The van der Waals surface area contributed by atoms with Crippen LogP contribution in [0.3, 0.4) is 0 Å². The minimum Gasteiger partial charge on any atom is -0.481 e. The summed E-state index contributed by atoms with van der Waals surface area (Å²) in [5.41, 5.74) is 5.51. The maximum absolute atomic E-state index is 10.4. The Labute approximate surface area is 59.5 Å². The van der Waals surface area contributed by atoms with Crippen LogP contribution in [0.25, 0.3) is 0 Å². The van der Waals surface area contributed by atoms with Gasteiger partial charge in [0.15, 0.2) is 0 Å². The Morgan fingerprint density at radius 2 is 2.40 bits per heavy atom. The Bertz CT molecular complexity index is 165. The monoisotopic (exact) mass is 141 g/mol. The van der Waals surface area contributed by atoms with E-state index in [9.17, 15) is 4.79 Å². The van der Waals surface area contributed by atoms with Crippen molar-refractivity contribution in [2.24, 2.45) is 11.7 Å². The number of nitrogens with two attached hydrogens (primary N) is 1. The van der Waals surface area contributed by atoms with Crippen LogP contribution in [0.2, 0.25) is 0 Å². The van der Waals surface area contributed by atoms with Gasteiger partial charge < -0.3 is 10.8 Å². The maximum Gasteiger partial charge on any atom is 0.306 e. The number of carboxylic acids is 1. The lowest BCUT2D eigenvalue weighted by Gasteiger charge is -2.17. The number of hydrogen-bond acceptors (Lipinski definition) is 2. The first-order valence-electron chi connectivity index (χ1n) is 3.35. The van der Waals surface area contributed by atoms with Crippen molar-refractivity contribution < 1.29 is 9.90 Å². The molecule has 1 rings (SSSR count). The molecule has 3 heteroatoms. The first kappa shape index (κ1) is 7.28. The van der Waals surface area contributed by atoms with Gasteiger partial charge in [0, 0.05) is 6.04 Å². The Kier molecular flexibility index (Phi) is 2.06. The van der Waals surface area contributed by atoms with E-state index in [2.05, 4.69) is 0 Å². The third kappa shape index (κ3) is 1.57. The lowest BCUT2D eigenvalue weighted by molar-refractivity contribution is -0.142. The predicted molar refractivity (Wildman–Crippen MR) is 37.5 cm³/mol. The molecular formula is C7H11NO2. The average Bonchev–Trinajstić information content (AvgIpc) is 1.88. The van der Waals surface area contributed by atoms with Gasteiger partial charge in [0.05, 0.1) is 5.92 Å². The summed E-state index contributed by atoms with van der Waals surface area (Å²) in [5.74, 6) is -1.00. The van der Waals surface area contributed by atoms with E-state index in [1.807, 2.05) is 12.2 Å². The normalized spacial score (nSPS) is 32.1. The van der Waals surface area contributed by atoms with E-state index in [0.29, 0.717) is 12.8 Å². The topological polar surface area (TPSA) is 63.3 Å². The molecule has 0 saturated heterocycles. The van der Waals surface area contributed by atoms with Gasteiger partial charge in [0.1, 0.15) is 0 Å². The molecule has 3 N–H and O–H groups in total. The molecule has 0 aromatic carbocycles. The molecule has 1 aliphatic carbocycles. The molecule has 0 fully saturated rings. The van der Waals surface area contributed by atoms with Gasteiger partial charge in [-0.15, -0.1) is 0 Å². The number of hydrogen-bond donors (Lipinski definition) is 2. The molecule has 0 heterocycles. The molecule has 0 aliphatic heterocycles. The second-order valence-electron chi connectivity index (χ2n) is 2.60. The fraction of sp³-hybridized carbons (Fsp3) is 0.571. The molecule has 0 saturated carbocycles. The van der Waals surface area contributed by atoms with Gasteiger partial charge in [-0.1, -0.05) is 12.2 Å². The molecule has 0 radical (unpaired) electrons. The zero-order chi connectivity index (χ0) is 7.56. The number of aliphatic carboxylic acids is 1. The van der Waals surface area contributed by atoms with E-state index in [1.165, 1.54) is 0 Å². The molecule has 3 nitrogen and oxygen atoms in total. The van der Waals surface area contributed by atoms with Gasteiger partial charge >= 0.3 is 5.97 Å². The highest BCUT2D eigenvalue weighted by atomic mass is 16.4. The molecule has 0 amide bonds. The van der Waals surface area contributed by atoms with Crippen molar-refractivity contribution in [1.82, 2.24) is 0 Å². The summed E-state index contributed by atoms with van der Waals surface area (Å²) in [6.07, 6.45) is 4.90. The zero-order valence-electron chi connectivity index (χ0n) is 5.66. The molecule has 0 aromatic heterocycles. The van der Waals surface area contributed by atoms with E-state index >= 15 is 0 Å². The highest BCUT2D eigenvalue weighted by Crippen LogP contribution is 2.16. The molecular weight excluding hydrogens is 130 g/mol. The summed E-state index contributed by atoms with van der Waals surface area (Å²) in [4.78, 5) is 10.4.